The highest BCUT2D eigenvalue weighted by Crippen LogP contribution is 2.31. The monoisotopic (exact) mass is 319 g/mol. The molecule has 0 saturated heterocycles. The van der Waals surface area contributed by atoms with E-state index >= 15 is 0 Å². The van der Waals surface area contributed by atoms with E-state index < -0.39 is 0 Å². The van der Waals surface area contributed by atoms with Crippen LogP contribution in [0.2, 0.25) is 0 Å². The van der Waals surface area contributed by atoms with Crippen molar-refractivity contribution in [2.75, 3.05) is 44.6 Å². The molecule has 6 nitrogen and oxygen atoms in total. The van der Waals surface area contributed by atoms with Crippen molar-refractivity contribution in [2.45, 2.75) is 19.3 Å². The molecule has 0 atom stereocenters. The lowest BCUT2D eigenvalue weighted by Gasteiger charge is -2.18. The van der Waals surface area contributed by atoms with Crippen LogP contribution in [-0.2, 0) is 9.53 Å². The summed E-state index contributed by atoms with van der Waals surface area (Å²) in [5.41, 5.74) is 2.04. The van der Waals surface area contributed by atoms with E-state index in [1.807, 2.05) is 31.1 Å². The number of rotatable bonds is 8. The highest BCUT2D eigenvalue weighted by atomic mass is 16.5. The molecule has 23 heavy (non-hydrogen) atoms. The molecule has 0 aliphatic heterocycles. The van der Waals surface area contributed by atoms with E-state index in [2.05, 4.69) is 10.6 Å². The molecule has 0 radical (unpaired) electrons. The average molecular weight is 319 g/mol. The summed E-state index contributed by atoms with van der Waals surface area (Å²) in [5.74, 6) is 0.0243. The first-order chi connectivity index (χ1) is 11.0. The van der Waals surface area contributed by atoms with Crippen LogP contribution >= 0.6 is 0 Å². The molecule has 1 aromatic carbocycles. The Morgan fingerprint density at radius 1 is 1.30 bits per heavy atom. The van der Waals surface area contributed by atoms with E-state index in [0.29, 0.717) is 24.4 Å². The Labute approximate surface area is 137 Å². The maximum atomic E-state index is 12.4. The molecule has 1 aromatic rings. The second-order valence-corrected chi connectivity index (χ2v) is 5.99. The Kier molecular flexibility index (Phi) is 5.98. The molecule has 0 spiro atoms. The van der Waals surface area contributed by atoms with Gasteiger partial charge in [0.25, 0.3) is 5.91 Å². The van der Waals surface area contributed by atoms with Gasteiger partial charge in [-0.2, -0.15) is 0 Å². The maximum Gasteiger partial charge on any atom is 0.253 e. The Morgan fingerprint density at radius 2 is 2.04 bits per heavy atom. The number of carbonyl (C=O) groups excluding carboxylic acids is 2. The van der Waals surface area contributed by atoms with E-state index in [1.54, 1.807) is 13.2 Å². The molecule has 6 heteroatoms. The number of anilines is 2. The highest BCUT2D eigenvalue weighted by Gasteiger charge is 2.29. The van der Waals surface area contributed by atoms with Crippen molar-refractivity contribution in [1.29, 1.82) is 0 Å². The molecule has 1 aliphatic rings. The first kappa shape index (κ1) is 17.3. The van der Waals surface area contributed by atoms with Crippen molar-refractivity contribution in [1.82, 2.24) is 5.32 Å². The van der Waals surface area contributed by atoms with Crippen LogP contribution < -0.4 is 15.5 Å². The fourth-order valence-corrected chi connectivity index (χ4v) is 2.29. The molecule has 0 bridgehead atoms. The van der Waals surface area contributed by atoms with Gasteiger partial charge in [-0.1, -0.05) is 0 Å². The summed E-state index contributed by atoms with van der Waals surface area (Å²) < 4.78 is 4.98. The summed E-state index contributed by atoms with van der Waals surface area (Å²) in [6.45, 7) is 1.16. The minimum atomic E-state index is -0.146. The zero-order valence-corrected chi connectivity index (χ0v) is 14.0. The molecule has 2 N–H and O–H groups in total. The van der Waals surface area contributed by atoms with Crippen LogP contribution in [0.15, 0.2) is 18.2 Å². The Bertz CT molecular complexity index is 568. The fraction of sp³-hybridized carbons (Fsp3) is 0.529. The predicted molar refractivity (Wildman–Crippen MR) is 90.9 cm³/mol. The van der Waals surface area contributed by atoms with Gasteiger partial charge in [0.2, 0.25) is 5.91 Å². The summed E-state index contributed by atoms with van der Waals surface area (Å²) in [6.07, 6.45) is 2.67. The van der Waals surface area contributed by atoms with Gasteiger partial charge in [0.05, 0.1) is 5.56 Å². The van der Waals surface area contributed by atoms with Crippen molar-refractivity contribution in [3.63, 3.8) is 0 Å². The van der Waals surface area contributed by atoms with Gasteiger partial charge in [0.15, 0.2) is 0 Å². The lowest BCUT2D eigenvalue weighted by Crippen LogP contribution is -2.27. The molecule has 2 rings (SSSR count). The largest absolute Gasteiger partial charge is 0.385 e. The van der Waals surface area contributed by atoms with Gasteiger partial charge in [0, 0.05) is 51.6 Å². The van der Waals surface area contributed by atoms with Crippen LogP contribution in [0.3, 0.4) is 0 Å². The number of nitrogens with one attached hydrogen (secondary N) is 2. The van der Waals surface area contributed by atoms with Crippen molar-refractivity contribution >= 4 is 23.2 Å². The van der Waals surface area contributed by atoms with Gasteiger partial charge < -0.3 is 20.3 Å². The van der Waals surface area contributed by atoms with Crippen LogP contribution in [0.4, 0.5) is 11.4 Å². The molecule has 0 heterocycles. The number of hydrogen-bond acceptors (Lipinski definition) is 4. The molecule has 2 amide bonds. The third-order valence-corrected chi connectivity index (χ3v) is 3.75. The van der Waals surface area contributed by atoms with Crippen LogP contribution in [0, 0.1) is 5.92 Å². The van der Waals surface area contributed by atoms with Crippen molar-refractivity contribution in [3.8, 4) is 0 Å². The van der Waals surface area contributed by atoms with Gasteiger partial charge in [0.1, 0.15) is 0 Å². The fourth-order valence-electron chi connectivity index (χ4n) is 2.29. The van der Waals surface area contributed by atoms with Gasteiger partial charge in [-0.25, -0.2) is 0 Å². The van der Waals surface area contributed by atoms with Crippen LogP contribution in [-0.4, -0.2) is 46.2 Å². The topological polar surface area (TPSA) is 70.7 Å². The quantitative estimate of drug-likeness (QED) is 0.718. The van der Waals surface area contributed by atoms with Crippen molar-refractivity contribution < 1.29 is 14.3 Å². The van der Waals surface area contributed by atoms with Gasteiger partial charge in [-0.15, -0.1) is 0 Å². The summed E-state index contributed by atoms with van der Waals surface area (Å²) in [5, 5.41) is 5.77. The van der Waals surface area contributed by atoms with E-state index in [4.69, 9.17) is 4.74 Å². The number of methoxy groups -OCH3 is 1. The van der Waals surface area contributed by atoms with E-state index in [-0.39, 0.29) is 17.7 Å². The molecule has 1 saturated carbocycles. The van der Waals surface area contributed by atoms with Gasteiger partial charge in [-0.05, 0) is 37.5 Å². The maximum absolute atomic E-state index is 12.4. The normalized spacial score (nSPS) is 13.5. The first-order valence-electron chi connectivity index (χ1n) is 7.92. The summed E-state index contributed by atoms with van der Waals surface area (Å²) in [6, 6.07) is 5.42. The van der Waals surface area contributed by atoms with Crippen LogP contribution in [0.1, 0.15) is 29.6 Å². The standard InChI is InChI=1S/C17H25N3O3/c1-20(2)15-8-7-13(19-16(21)12-5-6-12)11-14(15)17(22)18-9-4-10-23-3/h7-8,11-12H,4-6,9-10H2,1-3H3,(H,18,22)(H,19,21). The van der Waals surface area contributed by atoms with Crippen LogP contribution in [0.5, 0.6) is 0 Å². The highest BCUT2D eigenvalue weighted by molar-refractivity contribution is 6.02. The van der Waals surface area contributed by atoms with Gasteiger partial charge >= 0.3 is 0 Å². The number of amides is 2. The van der Waals surface area contributed by atoms with E-state index in [0.717, 1.165) is 24.9 Å². The second kappa shape index (κ2) is 7.97. The molecular formula is C17H25N3O3. The SMILES string of the molecule is COCCCNC(=O)c1cc(NC(=O)C2CC2)ccc1N(C)C. The first-order valence-corrected chi connectivity index (χ1v) is 7.92. The molecular weight excluding hydrogens is 294 g/mol. The molecule has 0 unspecified atom stereocenters. The summed E-state index contributed by atoms with van der Waals surface area (Å²) in [7, 11) is 5.41. The lowest BCUT2D eigenvalue weighted by atomic mass is 10.1. The van der Waals surface area contributed by atoms with E-state index in [9.17, 15) is 9.59 Å². The Hall–Kier alpha value is -2.08. The average Bonchev–Trinajstić information content (AvgIpc) is 3.36. The smallest absolute Gasteiger partial charge is 0.253 e. The summed E-state index contributed by atoms with van der Waals surface area (Å²) in [4.78, 5) is 26.2. The number of benzene rings is 1. The van der Waals surface area contributed by atoms with E-state index in [1.165, 1.54) is 0 Å². The lowest BCUT2D eigenvalue weighted by molar-refractivity contribution is -0.117. The Balaban J connectivity index is 2.09. The molecule has 1 fully saturated rings. The minimum Gasteiger partial charge on any atom is -0.385 e. The van der Waals surface area contributed by atoms with Crippen LogP contribution in [0.25, 0.3) is 0 Å². The number of nitrogens with zero attached hydrogens (tertiary/aromatic N) is 1. The molecule has 1 aliphatic carbocycles. The molecule has 0 aromatic heterocycles. The minimum absolute atomic E-state index is 0.0362. The predicted octanol–water partition coefficient (Wildman–Crippen LogP) is 1.87. The Morgan fingerprint density at radius 3 is 2.65 bits per heavy atom. The van der Waals surface area contributed by atoms with Crippen molar-refractivity contribution in [3.05, 3.63) is 23.8 Å². The number of ether oxygens (including phenoxy) is 1. The molecule has 126 valence electrons. The zero-order valence-electron chi connectivity index (χ0n) is 14.0. The second-order valence-electron chi connectivity index (χ2n) is 5.99. The zero-order chi connectivity index (χ0) is 16.8. The number of carbonyl (C=O) groups is 2. The summed E-state index contributed by atoms with van der Waals surface area (Å²) >= 11 is 0. The van der Waals surface area contributed by atoms with Crippen molar-refractivity contribution in [2.24, 2.45) is 5.92 Å². The van der Waals surface area contributed by atoms with Gasteiger partial charge in [-0.3, -0.25) is 9.59 Å². The third-order valence-electron chi connectivity index (χ3n) is 3.75. The number of hydrogen-bond donors (Lipinski definition) is 2. The third kappa shape index (κ3) is 4.96.